The summed E-state index contributed by atoms with van der Waals surface area (Å²) >= 11 is 6.33. The smallest absolute Gasteiger partial charge is 0.127 e. The molecule has 0 amide bonds. The lowest BCUT2D eigenvalue weighted by Crippen LogP contribution is -2.02. The topological polar surface area (TPSA) is 18.5 Å². The van der Waals surface area contributed by atoms with E-state index in [0.717, 1.165) is 29.5 Å². The highest BCUT2D eigenvalue weighted by Gasteiger charge is 2.11. The minimum Gasteiger partial charge on any atom is -0.493 e. The highest BCUT2D eigenvalue weighted by Crippen LogP contribution is 2.35. The lowest BCUT2D eigenvalue weighted by Gasteiger charge is -2.13. The fourth-order valence-corrected chi connectivity index (χ4v) is 2.49. The molecule has 20 heavy (non-hydrogen) atoms. The fourth-order valence-electron chi connectivity index (χ4n) is 2.15. The largest absolute Gasteiger partial charge is 0.493 e. The van der Waals surface area contributed by atoms with E-state index in [9.17, 15) is 4.39 Å². The Bertz CT molecular complexity index is 599. The minimum atomic E-state index is -0.294. The number of methoxy groups -OCH3 is 1. The molecule has 0 bridgehead atoms. The minimum absolute atomic E-state index is 0.294. The highest BCUT2D eigenvalue weighted by atomic mass is 35.5. The molecule has 108 valence electrons. The van der Waals surface area contributed by atoms with Crippen LogP contribution in [0, 0.1) is 5.82 Å². The van der Waals surface area contributed by atoms with Crippen LogP contribution in [0.5, 0.6) is 5.75 Å². The van der Waals surface area contributed by atoms with Gasteiger partial charge < -0.3 is 9.47 Å². The molecule has 0 fully saturated rings. The summed E-state index contributed by atoms with van der Waals surface area (Å²) in [5, 5.41) is 2.14. The molecule has 0 heterocycles. The second kappa shape index (κ2) is 6.91. The number of fused-ring (bicyclic) bond motifs is 1. The van der Waals surface area contributed by atoms with Gasteiger partial charge in [0.1, 0.15) is 11.6 Å². The van der Waals surface area contributed by atoms with Crippen LogP contribution in [0.15, 0.2) is 24.3 Å². The lowest BCUT2D eigenvalue weighted by molar-refractivity contribution is 0.172. The Kier molecular flexibility index (Phi) is 5.21. The van der Waals surface area contributed by atoms with E-state index >= 15 is 0 Å². The second-order valence-corrected chi connectivity index (χ2v) is 4.96. The van der Waals surface area contributed by atoms with Crippen molar-refractivity contribution in [3.63, 3.8) is 0 Å². The van der Waals surface area contributed by atoms with E-state index < -0.39 is 0 Å². The van der Waals surface area contributed by atoms with E-state index in [0.29, 0.717) is 23.6 Å². The van der Waals surface area contributed by atoms with Gasteiger partial charge in [0.15, 0.2) is 0 Å². The molecule has 2 nitrogen and oxygen atoms in total. The lowest BCUT2D eigenvalue weighted by atomic mass is 10.0. The predicted molar refractivity (Wildman–Crippen MR) is 80.3 cm³/mol. The van der Waals surface area contributed by atoms with Gasteiger partial charge in [0.2, 0.25) is 0 Å². The summed E-state index contributed by atoms with van der Waals surface area (Å²) < 4.78 is 24.2. The number of halogens is 2. The van der Waals surface area contributed by atoms with Crippen molar-refractivity contribution in [2.45, 2.75) is 19.8 Å². The van der Waals surface area contributed by atoms with Crippen LogP contribution in [0.2, 0.25) is 5.02 Å². The van der Waals surface area contributed by atoms with Crippen LogP contribution in [0.3, 0.4) is 0 Å². The Balaban J connectivity index is 2.39. The van der Waals surface area contributed by atoms with E-state index in [4.69, 9.17) is 21.1 Å². The molecule has 0 spiro atoms. The van der Waals surface area contributed by atoms with Gasteiger partial charge in [0.25, 0.3) is 0 Å². The number of aryl methyl sites for hydroxylation is 1. The summed E-state index contributed by atoms with van der Waals surface area (Å²) in [6, 6.07) is 6.53. The zero-order chi connectivity index (χ0) is 14.5. The van der Waals surface area contributed by atoms with Crippen molar-refractivity contribution in [2.75, 3.05) is 20.3 Å². The zero-order valence-electron chi connectivity index (χ0n) is 11.7. The van der Waals surface area contributed by atoms with Crippen molar-refractivity contribution >= 4 is 22.4 Å². The van der Waals surface area contributed by atoms with Gasteiger partial charge in [-0.3, -0.25) is 0 Å². The third kappa shape index (κ3) is 3.22. The Morgan fingerprint density at radius 2 is 1.95 bits per heavy atom. The van der Waals surface area contributed by atoms with Crippen molar-refractivity contribution < 1.29 is 13.9 Å². The molecule has 4 heteroatoms. The van der Waals surface area contributed by atoms with Crippen LogP contribution in [0.1, 0.15) is 18.9 Å². The van der Waals surface area contributed by atoms with Crippen molar-refractivity contribution in [1.29, 1.82) is 0 Å². The van der Waals surface area contributed by atoms with Crippen molar-refractivity contribution in [2.24, 2.45) is 0 Å². The average Bonchev–Trinajstić information content (AvgIpc) is 2.46. The average molecular weight is 297 g/mol. The molecule has 0 saturated carbocycles. The summed E-state index contributed by atoms with van der Waals surface area (Å²) in [7, 11) is 1.66. The SMILES string of the molecule is CCc1cc(OCCCOC)c2ccc(F)cc2c1Cl. The van der Waals surface area contributed by atoms with E-state index in [2.05, 4.69) is 0 Å². The maximum atomic E-state index is 13.4. The Morgan fingerprint density at radius 3 is 2.65 bits per heavy atom. The summed E-state index contributed by atoms with van der Waals surface area (Å²) in [5.74, 6) is 0.454. The molecule has 2 aromatic rings. The Hall–Kier alpha value is -1.32. The molecule has 0 aromatic heterocycles. The van der Waals surface area contributed by atoms with Crippen LogP contribution in [-0.4, -0.2) is 20.3 Å². The molecule has 0 saturated heterocycles. The van der Waals surface area contributed by atoms with Crippen LogP contribution in [0.4, 0.5) is 4.39 Å². The molecule has 0 unspecified atom stereocenters. The summed E-state index contributed by atoms with van der Waals surface area (Å²) in [5.41, 5.74) is 0.964. The number of ether oxygens (including phenoxy) is 2. The molecule has 0 aliphatic heterocycles. The molecule has 0 N–H and O–H groups in total. The van der Waals surface area contributed by atoms with Crippen molar-refractivity contribution in [3.8, 4) is 5.75 Å². The maximum absolute atomic E-state index is 13.4. The first-order valence-corrected chi connectivity index (χ1v) is 7.07. The van der Waals surface area contributed by atoms with Gasteiger partial charge in [-0.15, -0.1) is 0 Å². The van der Waals surface area contributed by atoms with Gasteiger partial charge in [-0.05, 0) is 36.2 Å². The van der Waals surface area contributed by atoms with Gasteiger partial charge in [0.05, 0.1) is 11.6 Å². The standard InChI is InChI=1S/C16H18ClFO2/c1-3-11-9-15(20-8-4-7-19-2)13-6-5-12(18)10-14(13)16(11)17/h5-6,9-10H,3-4,7-8H2,1-2H3. The zero-order valence-corrected chi connectivity index (χ0v) is 12.5. The number of hydrogen-bond donors (Lipinski definition) is 0. The predicted octanol–water partition coefficient (Wildman–Crippen LogP) is 4.61. The number of hydrogen-bond acceptors (Lipinski definition) is 2. The van der Waals surface area contributed by atoms with E-state index in [1.807, 2.05) is 13.0 Å². The normalized spacial score (nSPS) is 11.0. The molecule has 2 rings (SSSR count). The van der Waals surface area contributed by atoms with E-state index in [1.54, 1.807) is 13.2 Å². The monoisotopic (exact) mass is 296 g/mol. The van der Waals surface area contributed by atoms with Crippen molar-refractivity contribution in [3.05, 3.63) is 40.7 Å². The summed E-state index contributed by atoms with van der Waals surface area (Å²) in [6.45, 7) is 3.23. The first kappa shape index (κ1) is 15.1. The van der Waals surface area contributed by atoms with Crippen molar-refractivity contribution in [1.82, 2.24) is 0 Å². The van der Waals surface area contributed by atoms with Gasteiger partial charge in [-0.25, -0.2) is 4.39 Å². The van der Waals surface area contributed by atoms with Gasteiger partial charge in [0, 0.05) is 30.9 Å². The molecule has 2 aromatic carbocycles. The Labute approximate surface area is 123 Å². The fraction of sp³-hybridized carbons (Fsp3) is 0.375. The quantitative estimate of drug-likeness (QED) is 0.725. The van der Waals surface area contributed by atoms with Gasteiger partial charge in [-0.2, -0.15) is 0 Å². The van der Waals surface area contributed by atoms with E-state index in [-0.39, 0.29) is 5.82 Å². The first-order chi connectivity index (χ1) is 9.67. The second-order valence-electron chi connectivity index (χ2n) is 4.59. The first-order valence-electron chi connectivity index (χ1n) is 6.69. The van der Waals surface area contributed by atoms with Gasteiger partial charge in [-0.1, -0.05) is 18.5 Å². The molecular weight excluding hydrogens is 279 g/mol. The molecule has 0 radical (unpaired) electrons. The highest BCUT2D eigenvalue weighted by molar-refractivity contribution is 6.36. The molecular formula is C16H18ClFO2. The molecule has 0 atom stereocenters. The van der Waals surface area contributed by atoms with Gasteiger partial charge >= 0.3 is 0 Å². The third-order valence-corrected chi connectivity index (χ3v) is 3.65. The van der Waals surface area contributed by atoms with E-state index in [1.165, 1.54) is 12.1 Å². The molecule has 0 aliphatic rings. The van der Waals surface area contributed by atoms with Crippen LogP contribution in [0.25, 0.3) is 10.8 Å². The summed E-state index contributed by atoms with van der Waals surface area (Å²) in [6.07, 6.45) is 1.59. The van der Waals surface area contributed by atoms with Crippen LogP contribution >= 0.6 is 11.6 Å². The third-order valence-electron chi connectivity index (χ3n) is 3.20. The Morgan fingerprint density at radius 1 is 1.15 bits per heavy atom. The van der Waals surface area contributed by atoms with Crippen LogP contribution < -0.4 is 4.74 Å². The molecule has 0 aliphatic carbocycles. The van der Waals surface area contributed by atoms with Crippen LogP contribution in [-0.2, 0) is 11.2 Å². The summed E-state index contributed by atoms with van der Waals surface area (Å²) in [4.78, 5) is 0. The number of benzene rings is 2. The number of rotatable bonds is 6. The maximum Gasteiger partial charge on any atom is 0.127 e.